The second-order valence-electron chi connectivity index (χ2n) is 5.34. The summed E-state index contributed by atoms with van der Waals surface area (Å²) in [5.41, 5.74) is 1.76. The van der Waals surface area contributed by atoms with Crippen molar-refractivity contribution in [3.8, 4) is 11.5 Å². The maximum absolute atomic E-state index is 5.89. The molecule has 0 aliphatic heterocycles. The van der Waals surface area contributed by atoms with Gasteiger partial charge in [0, 0.05) is 17.6 Å². The Labute approximate surface area is 156 Å². The van der Waals surface area contributed by atoms with Crippen LogP contribution in [0.25, 0.3) is 0 Å². The molecule has 0 unspecified atom stereocenters. The zero-order valence-electron chi connectivity index (χ0n) is 14.4. The summed E-state index contributed by atoms with van der Waals surface area (Å²) >= 11 is 5.89. The topological polar surface area (TPSA) is 81.2 Å². The molecule has 0 bridgehead atoms. The molecule has 0 saturated heterocycles. The molecular formula is C18H18ClN5O2. The normalized spacial score (nSPS) is 10.3. The van der Waals surface area contributed by atoms with Gasteiger partial charge in [-0.3, -0.25) is 0 Å². The van der Waals surface area contributed by atoms with Crippen molar-refractivity contribution in [2.75, 3.05) is 24.9 Å². The van der Waals surface area contributed by atoms with Crippen molar-refractivity contribution in [2.24, 2.45) is 0 Å². The Morgan fingerprint density at radius 3 is 2.58 bits per heavy atom. The fourth-order valence-corrected chi connectivity index (χ4v) is 2.39. The highest BCUT2D eigenvalue weighted by Crippen LogP contribution is 2.30. The first-order valence-corrected chi connectivity index (χ1v) is 8.23. The third-order valence-electron chi connectivity index (χ3n) is 3.60. The molecule has 134 valence electrons. The maximum Gasteiger partial charge on any atom is 0.249 e. The Hall–Kier alpha value is -3.06. The van der Waals surface area contributed by atoms with E-state index in [1.807, 2.05) is 30.3 Å². The van der Waals surface area contributed by atoms with E-state index < -0.39 is 0 Å². The lowest BCUT2D eigenvalue weighted by molar-refractivity contribution is 0.405. The Kier molecular flexibility index (Phi) is 5.70. The number of halogens is 1. The molecule has 0 radical (unpaired) electrons. The first kappa shape index (κ1) is 17.8. The van der Waals surface area contributed by atoms with E-state index in [2.05, 4.69) is 25.8 Å². The fourth-order valence-electron chi connectivity index (χ4n) is 2.27. The number of hydrogen-bond donors (Lipinski definition) is 2. The highest BCUT2D eigenvalue weighted by atomic mass is 35.5. The van der Waals surface area contributed by atoms with E-state index in [0.717, 1.165) is 5.56 Å². The second-order valence-corrected chi connectivity index (χ2v) is 5.77. The van der Waals surface area contributed by atoms with Crippen LogP contribution in [0.2, 0.25) is 5.02 Å². The molecule has 0 spiro atoms. The minimum atomic E-state index is 0.345. The van der Waals surface area contributed by atoms with Gasteiger partial charge in [-0.25, -0.2) is 0 Å². The number of ether oxygens (including phenoxy) is 2. The van der Waals surface area contributed by atoms with Gasteiger partial charge >= 0.3 is 0 Å². The number of benzene rings is 2. The Bertz CT molecular complexity index is 874. The van der Waals surface area contributed by atoms with Crippen molar-refractivity contribution in [2.45, 2.75) is 6.54 Å². The lowest BCUT2D eigenvalue weighted by Gasteiger charge is -2.12. The number of anilines is 3. The van der Waals surface area contributed by atoms with Crippen LogP contribution in [0.5, 0.6) is 11.5 Å². The summed E-state index contributed by atoms with van der Waals surface area (Å²) in [6.07, 6.45) is 1.56. The summed E-state index contributed by atoms with van der Waals surface area (Å²) < 4.78 is 10.6. The summed E-state index contributed by atoms with van der Waals surface area (Å²) in [4.78, 5) is 4.41. The summed E-state index contributed by atoms with van der Waals surface area (Å²) in [5, 5.41) is 15.0. The van der Waals surface area contributed by atoms with Crippen LogP contribution < -0.4 is 20.1 Å². The van der Waals surface area contributed by atoms with E-state index in [1.54, 1.807) is 32.5 Å². The molecule has 7 nitrogen and oxygen atoms in total. The summed E-state index contributed by atoms with van der Waals surface area (Å²) in [6, 6.07) is 13.0. The maximum atomic E-state index is 5.89. The van der Waals surface area contributed by atoms with E-state index in [1.165, 1.54) is 0 Å². The number of rotatable bonds is 7. The average molecular weight is 372 g/mol. The largest absolute Gasteiger partial charge is 0.497 e. The summed E-state index contributed by atoms with van der Waals surface area (Å²) in [7, 11) is 3.20. The van der Waals surface area contributed by atoms with Gasteiger partial charge < -0.3 is 20.1 Å². The molecule has 26 heavy (non-hydrogen) atoms. The molecular weight excluding hydrogens is 354 g/mol. The van der Waals surface area contributed by atoms with Crippen LogP contribution >= 0.6 is 11.6 Å². The van der Waals surface area contributed by atoms with Crippen molar-refractivity contribution in [3.05, 3.63) is 59.2 Å². The smallest absolute Gasteiger partial charge is 0.249 e. The van der Waals surface area contributed by atoms with Gasteiger partial charge in [0.25, 0.3) is 0 Å². The highest BCUT2D eigenvalue weighted by Gasteiger charge is 2.08. The molecule has 1 heterocycles. The van der Waals surface area contributed by atoms with E-state index >= 15 is 0 Å². The van der Waals surface area contributed by atoms with Crippen molar-refractivity contribution in [3.63, 3.8) is 0 Å². The van der Waals surface area contributed by atoms with Crippen molar-refractivity contribution >= 4 is 29.1 Å². The van der Waals surface area contributed by atoms with Gasteiger partial charge in [-0.15, -0.1) is 5.10 Å². The van der Waals surface area contributed by atoms with Crippen LogP contribution in [0.15, 0.2) is 48.7 Å². The molecule has 0 fully saturated rings. The van der Waals surface area contributed by atoms with E-state index in [0.29, 0.717) is 40.5 Å². The predicted molar refractivity (Wildman–Crippen MR) is 101 cm³/mol. The predicted octanol–water partition coefficient (Wildman–Crippen LogP) is 3.90. The fraction of sp³-hybridized carbons (Fsp3) is 0.167. The van der Waals surface area contributed by atoms with Gasteiger partial charge in [0.15, 0.2) is 5.82 Å². The zero-order chi connectivity index (χ0) is 18.4. The van der Waals surface area contributed by atoms with Gasteiger partial charge in [0.2, 0.25) is 5.95 Å². The number of hydrogen-bond acceptors (Lipinski definition) is 7. The van der Waals surface area contributed by atoms with Gasteiger partial charge in [-0.05, 0) is 29.8 Å². The average Bonchev–Trinajstić information content (AvgIpc) is 2.68. The monoisotopic (exact) mass is 371 g/mol. The SMILES string of the molecule is COc1ccc(OC)c(Nc2nncc(NCc3ccc(Cl)cc3)n2)c1. The highest BCUT2D eigenvalue weighted by molar-refractivity contribution is 6.30. The van der Waals surface area contributed by atoms with Crippen LogP contribution in [-0.4, -0.2) is 29.4 Å². The standard InChI is InChI=1S/C18H18ClN5O2/c1-25-14-7-8-16(26-2)15(9-14)22-18-23-17(11-21-24-18)20-10-12-3-5-13(19)6-4-12/h3-9,11H,10H2,1-2H3,(H2,20,22,23,24). The quantitative estimate of drug-likeness (QED) is 0.651. The van der Waals surface area contributed by atoms with Gasteiger partial charge in [0.05, 0.1) is 26.1 Å². The molecule has 2 aromatic carbocycles. The summed E-state index contributed by atoms with van der Waals surface area (Å²) in [6.45, 7) is 0.595. The van der Waals surface area contributed by atoms with E-state index in [4.69, 9.17) is 21.1 Å². The second kappa shape index (κ2) is 8.35. The van der Waals surface area contributed by atoms with Crippen LogP contribution in [0, 0.1) is 0 Å². The molecule has 3 rings (SSSR count). The molecule has 0 aliphatic rings. The van der Waals surface area contributed by atoms with Gasteiger partial charge in [-0.1, -0.05) is 23.7 Å². The van der Waals surface area contributed by atoms with Crippen molar-refractivity contribution < 1.29 is 9.47 Å². The van der Waals surface area contributed by atoms with Crippen LogP contribution in [-0.2, 0) is 6.54 Å². The Morgan fingerprint density at radius 2 is 1.85 bits per heavy atom. The molecule has 0 saturated carbocycles. The first-order valence-electron chi connectivity index (χ1n) is 7.85. The third-order valence-corrected chi connectivity index (χ3v) is 3.85. The Balaban J connectivity index is 1.72. The number of aromatic nitrogens is 3. The molecule has 0 atom stereocenters. The molecule has 2 N–H and O–H groups in total. The third kappa shape index (κ3) is 4.52. The molecule has 8 heteroatoms. The molecule has 1 aromatic heterocycles. The minimum absolute atomic E-state index is 0.345. The lowest BCUT2D eigenvalue weighted by atomic mass is 10.2. The van der Waals surface area contributed by atoms with Crippen LogP contribution in [0.1, 0.15) is 5.56 Å². The van der Waals surface area contributed by atoms with E-state index in [9.17, 15) is 0 Å². The van der Waals surface area contributed by atoms with E-state index in [-0.39, 0.29) is 0 Å². The molecule has 3 aromatic rings. The number of nitrogens with zero attached hydrogens (tertiary/aromatic N) is 3. The molecule has 0 amide bonds. The molecule has 0 aliphatic carbocycles. The minimum Gasteiger partial charge on any atom is -0.497 e. The van der Waals surface area contributed by atoms with Crippen molar-refractivity contribution in [1.82, 2.24) is 15.2 Å². The van der Waals surface area contributed by atoms with Crippen LogP contribution in [0.3, 0.4) is 0 Å². The first-order chi connectivity index (χ1) is 12.7. The zero-order valence-corrected chi connectivity index (χ0v) is 15.1. The van der Waals surface area contributed by atoms with Crippen LogP contribution in [0.4, 0.5) is 17.5 Å². The number of methoxy groups -OCH3 is 2. The number of nitrogens with one attached hydrogen (secondary N) is 2. The Morgan fingerprint density at radius 1 is 1.04 bits per heavy atom. The summed E-state index contributed by atoms with van der Waals surface area (Å²) in [5.74, 6) is 2.28. The van der Waals surface area contributed by atoms with Gasteiger partial charge in [0.1, 0.15) is 11.5 Å². The van der Waals surface area contributed by atoms with Crippen molar-refractivity contribution in [1.29, 1.82) is 0 Å². The lowest BCUT2D eigenvalue weighted by Crippen LogP contribution is -2.06. The van der Waals surface area contributed by atoms with Gasteiger partial charge in [-0.2, -0.15) is 10.1 Å².